The van der Waals surface area contributed by atoms with Crippen LogP contribution >= 0.6 is 0 Å². The average molecular weight is 416 g/mol. The van der Waals surface area contributed by atoms with Crippen LogP contribution in [0, 0.1) is 0 Å². The number of nitrogens with one attached hydrogen (secondary N) is 1. The molecular weight excluding hydrogens is 396 g/mol. The van der Waals surface area contributed by atoms with Gasteiger partial charge in [0.15, 0.2) is 12.4 Å². The Morgan fingerprint density at radius 3 is 2.65 bits per heavy atom. The molecule has 1 fully saturated rings. The highest BCUT2D eigenvalue weighted by atomic mass is 16.5. The van der Waals surface area contributed by atoms with E-state index in [2.05, 4.69) is 11.6 Å². The normalized spacial score (nSPS) is 17.7. The van der Waals surface area contributed by atoms with E-state index in [-0.39, 0.29) is 17.7 Å². The second-order valence-electron chi connectivity index (χ2n) is 6.96. The fraction of sp³-hybridized carbons (Fsp3) is 0.125. The quantitative estimate of drug-likeness (QED) is 0.254. The molecule has 1 amide bonds. The van der Waals surface area contributed by atoms with E-state index in [1.54, 1.807) is 60.9 Å². The number of furan rings is 1. The lowest BCUT2D eigenvalue weighted by molar-refractivity contribution is -0.378. The van der Waals surface area contributed by atoms with Crippen LogP contribution < -0.4 is 14.8 Å². The van der Waals surface area contributed by atoms with Crippen LogP contribution in [0.5, 0.6) is 5.75 Å². The largest absolute Gasteiger partial charge is 0.872 e. The molecule has 0 saturated carbocycles. The molecule has 0 spiro atoms. The fourth-order valence-electron chi connectivity index (χ4n) is 3.51. The Morgan fingerprint density at radius 1 is 1.19 bits per heavy atom. The number of carbonyl (C=O) groups is 2. The number of ether oxygens (including phenoxy) is 1. The van der Waals surface area contributed by atoms with E-state index in [1.165, 1.54) is 11.2 Å². The molecule has 0 radical (unpaired) electrons. The minimum Gasteiger partial charge on any atom is -0.872 e. The average Bonchev–Trinajstić information content (AvgIpc) is 3.41. The third-order valence-corrected chi connectivity index (χ3v) is 4.95. The summed E-state index contributed by atoms with van der Waals surface area (Å²) < 4.78 is 10.9. The number of hydrogen-bond acceptors (Lipinski definition) is 5. The van der Waals surface area contributed by atoms with E-state index >= 15 is 0 Å². The maximum atomic E-state index is 13.3. The first-order valence-corrected chi connectivity index (χ1v) is 9.69. The Balaban J connectivity index is 1.75. The van der Waals surface area contributed by atoms with E-state index < -0.39 is 23.5 Å². The van der Waals surface area contributed by atoms with Gasteiger partial charge in [0.25, 0.3) is 5.91 Å². The molecule has 1 atom stereocenters. The first-order chi connectivity index (χ1) is 15.1. The number of nitrogens with zero attached hydrogens (tertiary/aromatic N) is 1. The lowest BCUT2D eigenvalue weighted by atomic mass is 9.99. The lowest BCUT2D eigenvalue weighted by Gasteiger charge is -2.25. The molecule has 2 aromatic heterocycles. The molecule has 1 aromatic carbocycles. The van der Waals surface area contributed by atoms with Crippen molar-refractivity contribution in [1.29, 1.82) is 0 Å². The van der Waals surface area contributed by atoms with Gasteiger partial charge in [0, 0.05) is 17.2 Å². The Bertz CT molecular complexity index is 1120. The zero-order valence-electron chi connectivity index (χ0n) is 16.6. The van der Waals surface area contributed by atoms with Crippen LogP contribution in [0.4, 0.5) is 0 Å². The fourth-order valence-corrected chi connectivity index (χ4v) is 3.51. The molecule has 156 valence electrons. The second kappa shape index (κ2) is 8.71. The van der Waals surface area contributed by atoms with E-state index in [0.717, 1.165) is 5.56 Å². The van der Waals surface area contributed by atoms with Gasteiger partial charge in [-0.1, -0.05) is 30.5 Å². The summed E-state index contributed by atoms with van der Waals surface area (Å²) in [6.07, 6.45) is 6.54. The summed E-state index contributed by atoms with van der Waals surface area (Å²) in [6.45, 7) is 4.08. The van der Waals surface area contributed by atoms with Gasteiger partial charge in [0.05, 0.1) is 12.8 Å². The third kappa shape index (κ3) is 3.98. The minimum atomic E-state index is -0.903. The van der Waals surface area contributed by atoms with Gasteiger partial charge in [0.2, 0.25) is 5.78 Å². The van der Waals surface area contributed by atoms with Gasteiger partial charge in [-0.25, -0.2) is 4.98 Å². The van der Waals surface area contributed by atoms with Crippen LogP contribution in [0.25, 0.3) is 5.76 Å². The molecule has 4 rings (SSSR count). The summed E-state index contributed by atoms with van der Waals surface area (Å²) in [7, 11) is 0. The van der Waals surface area contributed by atoms with Gasteiger partial charge in [-0.3, -0.25) is 9.59 Å². The highest BCUT2D eigenvalue weighted by Crippen LogP contribution is 2.39. The molecule has 1 saturated heterocycles. The standard InChI is InChI=1S/C24H20N2O5/c1-2-12-30-18-9-7-17(8-10-18)22(27)20-21(19-6-4-13-31-19)26(24(29)23(20)28)15-16-5-3-11-25-14-16/h2-11,13-14,21,27H,1,12,15H2/b22-20+. The van der Waals surface area contributed by atoms with Crippen molar-refractivity contribution in [1.82, 2.24) is 4.90 Å². The molecule has 0 aliphatic carbocycles. The number of carbonyl (C=O) groups excluding carboxylic acids is 2. The number of amides is 1. The Kier molecular flexibility index (Phi) is 5.66. The van der Waals surface area contributed by atoms with Gasteiger partial charge < -0.3 is 19.2 Å². The maximum absolute atomic E-state index is 13.3. The van der Waals surface area contributed by atoms with Crippen LogP contribution in [0.3, 0.4) is 0 Å². The second-order valence-corrected chi connectivity index (χ2v) is 6.96. The molecule has 1 unspecified atom stereocenters. The van der Waals surface area contributed by atoms with Crippen LogP contribution in [0.2, 0.25) is 0 Å². The van der Waals surface area contributed by atoms with Crippen molar-refractivity contribution in [3.05, 3.63) is 102 Å². The zero-order chi connectivity index (χ0) is 21.8. The monoisotopic (exact) mass is 416 g/mol. The Labute approximate surface area is 178 Å². The molecule has 0 bridgehead atoms. The van der Waals surface area contributed by atoms with Gasteiger partial charge in [-0.2, -0.15) is 0 Å². The van der Waals surface area contributed by atoms with Gasteiger partial charge in [0.1, 0.15) is 24.2 Å². The van der Waals surface area contributed by atoms with Crippen LogP contribution in [-0.2, 0) is 16.1 Å². The number of Topliss-reactive ketones (excluding diaryl/α,β-unsaturated/α-hetero) is 1. The number of ketones is 1. The molecule has 3 heterocycles. The minimum absolute atomic E-state index is 0.125. The summed E-state index contributed by atoms with van der Waals surface area (Å²) >= 11 is 0. The number of hydrogen-bond donors (Lipinski definition) is 0. The van der Waals surface area contributed by atoms with Crippen molar-refractivity contribution in [2.45, 2.75) is 12.6 Å². The summed E-state index contributed by atoms with van der Waals surface area (Å²) in [5, 5.41) is 13.3. The molecular formula is C24H20N2O5. The molecule has 7 nitrogen and oxygen atoms in total. The molecule has 3 aromatic rings. The van der Waals surface area contributed by atoms with E-state index in [0.29, 0.717) is 18.1 Å². The summed E-state index contributed by atoms with van der Waals surface area (Å²) in [5.41, 5.74) is 0.950. The Morgan fingerprint density at radius 2 is 2.00 bits per heavy atom. The molecule has 1 aliphatic rings. The molecule has 31 heavy (non-hydrogen) atoms. The van der Waals surface area contributed by atoms with Crippen molar-refractivity contribution >= 4 is 17.4 Å². The maximum Gasteiger partial charge on any atom is 0.295 e. The van der Waals surface area contributed by atoms with E-state index in [9.17, 15) is 14.7 Å². The van der Waals surface area contributed by atoms with E-state index in [4.69, 9.17) is 9.15 Å². The predicted molar refractivity (Wildman–Crippen MR) is 109 cm³/mol. The molecule has 1 N–H and O–H groups in total. The third-order valence-electron chi connectivity index (χ3n) is 4.95. The van der Waals surface area contributed by atoms with Gasteiger partial charge >= 0.3 is 0 Å². The SMILES string of the molecule is C=CCOc1ccc(/C([O-])=C2\C(=O)C(=O)N(Cc3ccc[nH+]c3)C2c2ccco2)cc1. The number of pyridine rings is 1. The summed E-state index contributed by atoms with van der Waals surface area (Å²) in [6, 6.07) is 12.4. The van der Waals surface area contributed by atoms with Crippen molar-refractivity contribution in [2.24, 2.45) is 0 Å². The zero-order valence-corrected chi connectivity index (χ0v) is 16.6. The van der Waals surface area contributed by atoms with Crippen molar-refractivity contribution in [2.75, 3.05) is 6.61 Å². The predicted octanol–water partition coefficient (Wildman–Crippen LogP) is 2.08. The highest BCUT2D eigenvalue weighted by molar-refractivity contribution is 6.46. The number of aromatic amines is 1. The van der Waals surface area contributed by atoms with Crippen LogP contribution in [0.15, 0.2) is 89.8 Å². The van der Waals surface area contributed by atoms with E-state index in [1.807, 2.05) is 6.07 Å². The molecule has 1 aliphatic heterocycles. The number of benzene rings is 1. The smallest absolute Gasteiger partial charge is 0.295 e. The molecule has 7 heteroatoms. The number of rotatable bonds is 7. The van der Waals surface area contributed by atoms with Gasteiger partial charge in [-0.05, 0) is 35.9 Å². The van der Waals surface area contributed by atoms with Crippen LogP contribution in [-0.4, -0.2) is 23.2 Å². The van der Waals surface area contributed by atoms with Crippen molar-refractivity contribution in [3.63, 3.8) is 0 Å². The lowest BCUT2D eigenvalue weighted by Crippen LogP contribution is -2.29. The van der Waals surface area contributed by atoms with Crippen LogP contribution in [0.1, 0.15) is 22.9 Å². The number of likely N-dealkylation sites (tertiary alicyclic amines) is 1. The van der Waals surface area contributed by atoms with Crippen molar-refractivity contribution < 1.29 is 28.8 Å². The highest BCUT2D eigenvalue weighted by Gasteiger charge is 2.45. The summed E-state index contributed by atoms with van der Waals surface area (Å²) in [4.78, 5) is 30.1. The van der Waals surface area contributed by atoms with Crippen molar-refractivity contribution in [3.8, 4) is 5.75 Å². The topological polar surface area (TPSA) is 97.0 Å². The first kappa shape index (κ1) is 20.2. The van der Waals surface area contributed by atoms with Gasteiger partial charge in [-0.15, -0.1) is 0 Å². The first-order valence-electron chi connectivity index (χ1n) is 9.69. The number of aromatic nitrogens is 1. The number of H-pyrrole nitrogens is 1. The Hall–Kier alpha value is -4.13. The summed E-state index contributed by atoms with van der Waals surface area (Å²) in [5.74, 6) is -1.15.